The summed E-state index contributed by atoms with van der Waals surface area (Å²) in [4.78, 5) is 26.2. The molecule has 3 heterocycles. The number of carbonyl (C=O) groups is 1. The fourth-order valence-electron chi connectivity index (χ4n) is 5.80. The molecule has 0 atom stereocenters. The summed E-state index contributed by atoms with van der Waals surface area (Å²) in [6, 6.07) is 24.0. The number of aliphatic hydroxyl groups excluding tert-OH is 2. The van der Waals surface area contributed by atoms with Crippen LogP contribution in [0.15, 0.2) is 108 Å². The fourth-order valence-corrected chi connectivity index (χ4v) is 7.89. The monoisotopic (exact) mass is 687 g/mol. The molecule has 0 aliphatic rings. The minimum atomic E-state index is -0.331. The van der Waals surface area contributed by atoms with Gasteiger partial charge in [-0.25, -0.2) is 15.0 Å². The summed E-state index contributed by atoms with van der Waals surface area (Å²) in [5.74, 6) is -0.331. The molecule has 3 aromatic heterocycles. The van der Waals surface area contributed by atoms with Crippen molar-refractivity contribution in [2.45, 2.75) is 26.7 Å². The minimum Gasteiger partial charge on any atom is -0.461 e. The molecule has 7 rings (SSSR count). The Morgan fingerprint density at radius 2 is 0.875 bits per heavy atom. The number of thiazole rings is 3. The summed E-state index contributed by atoms with van der Waals surface area (Å²) < 4.78 is 5.29. The fraction of sp³-hybridized carbons (Fsp3) is 0.105. The predicted octanol–water partition coefficient (Wildman–Crippen LogP) is 9.11. The maximum absolute atomic E-state index is 11.5. The Balaban J connectivity index is 1.68. The third kappa shape index (κ3) is 6.24. The van der Waals surface area contributed by atoms with Crippen LogP contribution >= 0.6 is 34.0 Å². The lowest BCUT2D eigenvalue weighted by Gasteiger charge is -2.26. The van der Waals surface area contributed by atoms with Crippen LogP contribution in [0.1, 0.15) is 23.6 Å². The number of hydrogen-bond donors (Lipinski definition) is 2. The van der Waals surface area contributed by atoms with Crippen LogP contribution in [0.5, 0.6) is 0 Å². The number of aliphatic hydroxyl groups is 2. The molecule has 0 fully saturated rings. The Bertz CT molecular complexity index is 2040. The zero-order valence-corrected chi connectivity index (χ0v) is 28.2. The molecule has 238 valence electrons. The first-order valence-electron chi connectivity index (χ1n) is 15.1. The van der Waals surface area contributed by atoms with Gasteiger partial charge in [0.2, 0.25) is 0 Å². The molecular formula is C38H29N3O4S3. The van der Waals surface area contributed by atoms with Crippen LogP contribution in [0, 0.1) is 0 Å². The van der Waals surface area contributed by atoms with Crippen LogP contribution in [-0.2, 0) is 29.4 Å². The molecule has 0 saturated carbocycles. The second-order valence-electron chi connectivity index (χ2n) is 10.9. The van der Waals surface area contributed by atoms with Gasteiger partial charge in [-0.1, -0.05) is 72.8 Å². The summed E-state index contributed by atoms with van der Waals surface area (Å²) in [5, 5.41) is 28.3. The van der Waals surface area contributed by atoms with E-state index in [1.807, 2.05) is 95.4 Å². The minimum absolute atomic E-state index is 0.0602. The molecule has 2 N–H and O–H groups in total. The van der Waals surface area contributed by atoms with Gasteiger partial charge in [-0.2, -0.15) is 0 Å². The van der Waals surface area contributed by atoms with E-state index in [1.54, 1.807) is 34.0 Å². The van der Waals surface area contributed by atoms with E-state index in [0.29, 0.717) is 0 Å². The summed E-state index contributed by atoms with van der Waals surface area (Å²) in [7, 11) is 0. The van der Waals surface area contributed by atoms with Crippen molar-refractivity contribution in [1.82, 2.24) is 15.0 Å². The van der Waals surface area contributed by atoms with Gasteiger partial charge in [0.25, 0.3) is 0 Å². The van der Waals surface area contributed by atoms with Gasteiger partial charge in [0.05, 0.1) is 13.2 Å². The van der Waals surface area contributed by atoms with Crippen molar-refractivity contribution >= 4 is 40.0 Å². The number of aromatic nitrogens is 3. The Morgan fingerprint density at radius 3 is 1.15 bits per heavy atom. The molecule has 0 bridgehead atoms. The lowest BCUT2D eigenvalue weighted by molar-refractivity contribution is -0.142. The molecule has 10 heteroatoms. The van der Waals surface area contributed by atoms with E-state index in [0.717, 1.165) is 81.8 Å². The van der Waals surface area contributed by atoms with Crippen molar-refractivity contribution in [3.63, 3.8) is 0 Å². The summed E-state index contributed by atoms with van der Waals surface area (Å²) >= 11 is 4.69. The van der Waals surface area contributed by atoms with Gasteiger partial charge in [0.1, 0.15) is 21.6 Å². The number of ether oxygens (including phenoxy) is 1. The number of rotatable bonds is 10. The molecular weight excluding hydrogens is 659 g/mol. The maximum Gasteiger partial charge on any atom is 0.302 e. The number of benzene rings is 4. The molecule has 0 spiro atoms. The third-order valence-electron chi connectivity index (χ3n) is 7.97. The second-order valence-corrected chi connectivity index (χ2v) is 13.6. The van der Waals surface area contributed by atoms with Crippen molar-refractivity contribution in [3.8, 4) is 65.1 Å². The summed E-state index contributed by atoms with van der Waals surface area (Å²) in [6.45, 7) is 1.47. The average Bonchev–Trinajstić information content (AvgIpc) is 3.95. The maximum atomic E-state index is 11.5. The molecule has 48 heavy (non-hydrogen) atoms. The Kier molecular flexibility index (Phi) is 9.33. The molecule has 0 saturated heterocycles. The molecule has 7 aromatic rings. The van der Waals surface area contributed by atoms with Crippen LogP contribution in [-0.4, -0.2) is 31.1 Å². The van der Waals surface area contributed by atoms with Crippen molar-refractivity contribution < 1.29 is 19.7 Å². The van der Waals surface area contributed by atoms with Crippen molar-refractivity contribution in [2.75, 3.05) is 0 Å². The van der Waals surface area contributed by atoms with Crippen LogP contribution in [0.25, 0.3) is 65.1 Å². The van der Waals surface area contributed by atoms with Gasteiger partial charge in [0.15, 0.2) is 0 Å². The van der Waals surface area contributed by atoms with Gasteiger partial charge in [-0.3, -0.25) is 4.79 Å². The molecule has 0 radical (unpaired) electrons. The number of hydrogen-bond acceptors (Lipinski definition) is 10. The van der Waals surface area contributed by atoms with E-state index in [2.05, 4.69) is 12.1 Å². The van der Waals surface area contributed by atoms with E-state index >= 15 is 0 Å². The second kappa shape index (κ2) is 14.1. The number of esters is 1. The third-order valence-corrected chi connectivity index (χ3v) is 10.3. The summed E-state index contributed by atoms with van der Waals surface area (Å²) in [5.41, 5.74) is 11.1. The zero-order chi connectivity index (χ0) is 33.0. The zero-order valence-electron chi connectivity index (χ0n) is 25.8. The highest BCUT2D eigenvalue weighted by atomic mass is 32.1. The smallest absolute Gasteiger partial charge is 0.302 e. The Morgan fingerprint density at radius 1 is 0.542 bits per heavy atom. The lowest BCUT2D eigenvalue weighted by atomic mass is 9.79. The van der Waals surface area contributed by atoms with E-state index < -0.39 is 0 Å². The molecule has 0 aliphatic carbocycles. The van der Waals surface area contributed by atoms with Crippen LogP contribution in [0.4, 0.5) is 0 Å². The van der Waals surface area contributed by atoms with Crippen LogP contribution < -0.4 is 0 Å². The first kappa shape index (κ1) is 31.7. The predicted molar refractivity (Wildman–Crippen MR) is 193 cm³/mol. The SMILES string of the molecule is CC(=O)OCc1ccc(-c2c(-c3nccs3)c(-c3ccc(CO)cc3)c(-c3nccs3)c(-c3ccc(CO)cc3)c2-c2nccs2)cc1. The molecule has 0 aliphatic heterocycles. The van der Waals surface area contributed by atoms with Crippen molar-refractivity contribution in [2.24, 2.45) is 0 Å². The highest BCUT2D eigenvalue weighted by Crippen LogP contribution is 2.56. The standard InChI is InChI=1S/C38H29N3O4S3/c1-23(44)45-22-26-6-12-29(13-7-26)32-34(37-40-15-18-47-37)30(27-8-2-24(20-42)3-9-27)33(36-39-14-17-46-36)31(35(32)38-41-16-19-48-38)28-10-4-25(21-43)5-11-28/h2-19,42-43H,20-22H2,1H3. The Hall–Kier alpha value is -4.84. The lowest BCUT2D eigenvalue weighted by Crippen LogP contribution is -2.02. The quantitative estimate of drug-likeness (QED) is 0.138. The van der Waals surface area contributed by atoms with Gasteiger partial charge in [-0.15, -0.1) is 34.0 Å². The van der Waals surface area contributed by atoms with Gasteiger partial charge in [-0.05, 0) is 33.4 Å². The highest BCUT2D eigenvalue weighted by Gasteiger charge is 2.31. The molecule has 0 amide bonds. The summed E-state index contributed by atoms with van der Waals surface area (Å²) in [6.07, 6.45) is 5.45. The van der Waals surface area contributed by atoms with Gasteiger partial charge in [0, 0.05) is 75.0 Å². The van der Waals surface area contributed by atoms with Crippen molar-refractivity contribution in [1.29, 1.82) is 0 Å². The topological polar surface area (TPSA) is 105 Å². The highest BCUT2D eigenvalue weighted by molar-refractivity contribution is 7.14. The Labute approximate surface area is 289 Å². The number of carbonyl (C=O) groups excluding carboxylic acids is 1. The van der Waals surface area contributed by atoms with E-state index in [1.165, 1.54) is 6.92 Å². The first-order chi connectivity index (χ1) is 23.6. The van der Waals surface area contributed by atoms with E-state index in [4.69, 9.17) is 19.7 Å². The van der Waals surface area contributed by atoms with Crippen LogP contribution in [0.2, 0.25) is 0 Å². The van der Waals surface area contributed by atoms with E-state index in [-0.39, 0.29) is 25.8 Å². The van der Waals surface area contributed by atoms with Gasteiger partial charge >= 0.3 is 5.97 Å². The van der Waals surface area contributed by atoms with Crippen LogP contribution in [0.3, 0.4) is 0 Å². The molecule has 4 aromatic carbocycles. The molecule has 0 unspecified atom stereocenters. The van der Waals surface area contributed by atoms with Gasteiger partial charge < -0.3 is 14.9 Å². The first-order valence-corrected chi connectivity index (χ1v) is 17.8. The van der Waals surface area contributed by atoms with Crippen molar-refractivity contribution in [3.05, 3.63) is 124 Å². The normalized spacial score (nSPS) is 11.1. The number of nitrogens with zero attached hydrogens (tertiary/aromatic N) is 3. The largest absolute Gasteiger partial charge is 0.461 e. The molecule has 7 nitrogen and oxygen atoms in total. The van der Waals surface area contributed by atoms with E-state index in [9.17, 15) is 15.0 Å². The average molecular weight is 688 g/mol.